The van der Waals surface area contributed by atoms with Gasteiger partial charge in [-0.1, -0.05) is 6.07 Å². The lowest BCUT2D eigenvalue weighted by Gasteiger charge is -2.25. The topological polar surface area (TPSA) is 41.5 Å². The summed E-state index contributed by atoms with van der Waals surface area (Å²) in [7, 11) is 0. The predicted molar refractivity (Wildman–Crippen MR) is 63.2 cm³/mol. The van der Waals surface area contributed by atoms with E-state index in [0.29, 0.717) is 13.2 Å². The molecule has 100 valence electrons. The first-order chi connectivity index (χ1) is 8.52. The third kappa shape index (κ3) is 2.85. The molecule has 0 bridgehead atoms. The van der Waals surface area contributed by atoms with Crippen molar-refractivity contribution in [2.75, 3.05) is 19.8 Å². The first-order valence-corrected chi connectivity index (χ1v) is 5.97. The zero-order chi connectivity index (χ0) is 13.2. The zero-order valence-corrected chi connectivity index (χ0v) is 10.2. The molecular weight excluding hydrogens is 240 g/mol. The summed E-state index contributed by atoms with van der Waals surface area (Å²) in [5.41, 5.74) is -0.518. The quantitative estimate of drug-likeness (QED) is 0.863. The Morgan fingerprint density at radius 1 is 1.44 bits per heavy atom. The summed E-state index contributed by atoms with van der Waals surface area (Å²) >= 11 is 0. The molecule has 0 aromatic heterocycles. The fourth-order valence-corrected chi connectivity index (χ4v) is 2.08. The Kier molecular flexibility index (Phi) is 3.94. The highest BCUT2D eigenvalue weighted by Crippen LogP contribution is 2.22. The van der Waals surface area contributed by atoms with Gasteiger partial charge in [0.05, 0.1) is 18.3 Å². The first-order valence-electron chi connectivity index (χ1n) is 5.97. The van der Waals surface area contributed by atoms with E-state index >= 15 is 0 Å². The maximum Gasteiger partial charge on any atom is 0.131 e. The van der Waals surface area contributed by atoms with Crippen molar-refractivity contribution < 1.29 is 18.6 Å². The van der Waals surface area contributed by atoms with Crippen molar-refractivity contribution in [3.8, 4) is 0 Å². The van der Waals surface area contributed by atoms with Gasteiger partial charge in [-0.05, 0) is 25.5 Å². The molecule has 2 atom stereocenters. The minimum atomic E-state index is -1.20. The number of aliphatic hydroxyl groups excluding tert-OH is 1. The van der Waals surface area contributed by atoms with Crippen molar-refractivity contribution in [2.24, 2.45) is 0 Å². The third-order valence-electron chi connectivity index (χ3n) is 3.27. The van der Waals surface area contributed by atoms with E-state index in [1.807, 2.05) is 6.92 Å². The lowest BCUT2D eigenvalue weighted by molar-refractivity contribution is 0.136. The van der Waals surface area contributed by atoms with Crippen molar-refractivity contribution in [3.63, 3.8) is 0 Å². The summed E-state index contributed by atoms with van der Waals surface area (Å²) in [6.45, 7) is 3.26. The molecule has 0 radical (unpaired) electrons. The van der Waals surface area contributed by atoms with Gasteiger partial charge in [0.2, 0.25) is 0 Å². The minimum Gasteiger partial charge on any atom is -0.387 e. The number of benzene rings is 1. The van der Waals surface area contributed by atoms with Gasteiger partial charge in [0.25, 0.3) is 0 Å². The number of hydrogen-bond donors (Lipinski definition) is 2. The molecule has 3 nitrogen and oxygen atoms in total. The van der Waals surface area contributed by atoms with Crippen molar-refractivity contribution in [1.29, 1.82) is 0 Å². The monoisotopic (exact) mass is 257 g/mol. The summed E-state index contributed by atoms with van der Waals surface area (Å²) < 4.78 is 32.1. The van der Waals surface area contributed by atoms with Crippen LogP contribution in [0.5, 0.6) is 0 Å². The van der Waals surface area contributed by atoms with E-state index in [1.165, 1.54) is 6.07 Å². The van der Waals surface area contributed by atoms with Crippen molar-refractivity contribution in [2.45, 2.75) is 25.0 Å². The summed E-state index contributed by atoms with van der Waals surface area (Å²) in [6, 6.07) is 3.56. The van der Waals surface area contributed by atoms with E-state index in [-0.39, 0.29) is 17.6 Å². The zero-order valence-electron chi connectivity index (χ0n) is 10.2. The van der Waals surface area contributed by atoms with Crippen LogP contribution in [0.2, 0.25) is 0 Å². The van der Waals surface area contributed by atoms with E-state index in [2.05, 4.69) is 5.32 Å². The molecule has 0 aliphatic carbocycles. The smallest absolute Gasteiger partial charge is 0.131 e. The summed E-state index contributed by atoms with van der Waals surface area (Å²) in [5.74, 6) is -1.45. The van der Waals surface area contributed by atoms with Crippen LogP contribution in [0.3, 0.4) is 0 Å². The largest absolute Gasteiger partial charge is 0.387 e. The molecule has 0 saturated carbocycles. The van der Waals surface area contributed by atoms with Crippen LogP contribution in [0.25, 0.3) is 0 Å². The van der Waals surface area contributed by atoms with E-state index in [4.69, 9.17) is 4.74 Å². The SMILES string of the molecule is CC1(NCC(O)c2c(F)cccc2F)CCOC1. The Hall–Kier alpha value is -1.04. The Morgan fingerprint density at radius 3 is 2.67 bits per heavy atom. The molecule has 2 rings (SSSR count). The van der Waals surface area contributed by atoms with Gasteiger partial charge in [-0.3, -0.25) is 0 Å². The van der Waals surface area contributed by atoms with Crippen molar-refractivity contribution >= 4 is 0 Å². The van der Waals surface area contributed by atoms with Gasteiger partial charge >= 0.3 is 0 Å². The Morgan fingerprint density at radius 2 is 2.11 bits per heavy atom. The Balaban J connectivity index is 2.01. The average Bonchev–Trinajstić information content (AvgIpc) is 2.74. The summed E-state index contributed by atoms with van der Waals surface area (Å²) in [5, 5.41) is 13.0. The molecular formula is C13H17F2NO2. The molecule has 2 unspecified atom stereocenters. The van der Waals surface area contributed by atoms with E-state index in [0.717, 1.165) is 18.6 Å². The van der Waals surface area contributed by atoms with Crippen molar-refractivity contribution in [1.82, 2.24) is 5.32 Å². The highest BCUT2D eigenvalue weighted by atomic mass is 19.1. The fraction of sp³-hybridized carbons (Fsp3) is 0.538. The maximum absolute atomic E-state index is 13.4. The predicted octanol–water partition coefficient (Wildman–Crippen LogP) is 1.77. The number of rotatable bonds is 4. The molecule has 1 aromatic rings. The normalized spacial score (nSPS) is 25.3. The van der Waals surface area contributed by atoms with Gasteiger partial charge in [0.15, 0.2) is 0 Å². The highest BCUT2D eigenvalue weighted by molar-refractivity contribution is 5.22. The molecule has 18 heavy (non-hydrogen) atoms. The van der Waals surface area contributed by atoms with Gasteiger partial charge < -0.3 is 15.2 Å². The number of aliphatic hydroxyl groups is 1. The van der Waals surface area contributed by atoms with Gasteiger partial charge in [0.1, 0.15) is 11.6 Å². The first kappa shape index (κ1) is 13.4. The molecule has 5 heteroatoms. The summed E-state index contributed by atoms with van der Waals surface area (Å²) in [6.07, 6.45) is -0.386. The number of nitrogens with one attached hydrogen (secondary N) is 1. The van der Waals surface area contributed by atoms with Gasteiger partial charge in [-0.25, -0.2) is 8.78 Å². The van der Waals surface area contributed by atoms with E-state index < -0.39 is 17.7 Å². The second kappa shape index (κ2) is 5.30. The third-order valence-corrected chi connectivity index (χ3v) is 3.27. The number of ether oxygens (including phenoxy) is 1. The lowest BCUT2D eigenvalue weighted by Crippen LogP contribution is -2.44. The Bertz CT molecular complexity index is 399. The molecule has 1 aliphatic heterocycles. The van der Waals surface area contributed by atoms with Gasteiger partial charge in [-0.15, -0.1) is 0 Å². The second-order valence-corrected chi connectivity index (χ2v) is 4.90. The molecule has 0 amide bonds. The van der Waals surface area contributed by atoms with Gasteiger partial charge in [0, 0.05) is 18.7 Å². The van der Waals surface area contributed by atoms with Crippen LogP contribution in [0.1, 0.15) is 25.0 Å². The fourth-order valence-electron chi connectivity index (χ4n) is 2.08. The van der Waals surface area contributed by atoms with Crippen molar-refractivity contribution in [3.05, 3.63) is 35.4 Å². The van der Waals surface area contributed by atoms with Crippen LogP contribution >= 0.6 is 0 Å². The number of hydrogen-bond acceptors (Lipinski definition) is 3. The van der Waals surface area contributed by atoms with E-state index in [9.17, 15) is 13.9 Å². The van der Waals surface area contributed by atoms with E-state index in [1.54, 1.807) is 0 Å². The molecule has 1 fully saturated rings. The highest BCUT2D eigenvalue weighted by Gasteiger charge is 2.30. The number of β-amino-alcohol motifs (C(OH)–C–C–N with tert-alkyl or cyclic N) is 1. The second-order valence-electron chi connectivity index (χ2n) is 4.90. The molecule has 1 heterocycles. The van der Waals surface area contributed by atoms with Crippen LogP contribution in [0, 0.1) is 11.6 Å². The number of halogens is 2. The average molecular weight is 257 g/mol. The molecule has 0 spiro atoms. The Labute approximate surface area is 105 Å². The van der Waals surface area contributed by atoms with Crippen LogP contribution in [0.4, 0.5) is 8.78 Å². The lowest BCUT2D eigenvalue weighted by atomic mass is 10.0. The standard InChI is InChI=1S/C13H17F2NO2/c1-13(5-6-18-8-13)16-7-11(17)12-9(14)3-2-4-10(12)15/h2-4,11,16-17H,5-8H2,1H3. The molecule has 1 aliphatic rings. The molecule has 2 N–H and O–H groups in total. The summed E-state index contributed by atoms with van der Waals surface area (Å²) in [4.78, 5) is 0. The van der Waals surface area contributed by atoms with Crippen LogP contribution < -0.4 is 5.32 Å². The van der Waals surface area contributed by atoms with Crippen LogP contribution in [-0.2, 0) is 4.74 Å². The molecule has 1 saturated heterocycles. The van der Waals surface area contributed by atoms with Crippen LogP contribution in [-0.4, -0.2) is 30.4 Å². The van der Waals surface area contributed by atoms with Crippen LogP contribution in [0.15, 0.2) is 18.2 Å². The maximum atomic E-state index is 13.4. The van der Waals surface area contributed by atoms with Gasteiger partial charge in [-0.2, -0.15) is 0 Å². The minimum absolute atomic E-state index is 0.0950. The molecule has 1 aromatic carbocycles.